The van der Waals surface area contributed by atoms with Crippen LogP contribution in [-0.4, -0.2) is 17.6 Å². The number of carboxylic acids is 1. The predicted molar refractivity (Wildman–Crippen MR) is 51.7 cm³/mol. The number of hydrogen-bond donors (Lipinski definition) is 2. The smallest absolute Gasteiger partial charge is 0.307 e. The zero-order chi connectivity index (χ0) is 10.1. The van der Waals surface area contributed by atoms with Gasteiger partial charge in [-0.2, -0.15) is 0 Å². The summed E-state index contributed by atoms with van der Waals surface area (Å²) in [5, 5.41) is 9.07. The maximum Gasteiger partial charge on any atom is 0.307 e. The molecule has 0 radical (unpaired) electrons. The highest BCUT2D eigenvalue weighted by Gasteiger charge is 3.03. The summed E-state index contributed by atoms with van der Waals surface area (Å²) in [5.41, 5.74) is 6.07. The molecule has 0 aliphatic heterocycles. The summed E-state index contributed by atoms with van der Waals surface area (Å²) in [4.78, 5) is 11.0. The van der Waals surface area contributed by atoms with Gasteiger partial charge in [0, 0.05) is 6.54 Å². The van der Waals surface area contributed by atoms with E-state index in [0.717, 1.165) is 47.8 Å². The second kappa shape index (κ2) is 1.75. The number of carbonyl (C=O) groups is 1. The third-order valence-corrected chi connectivity index (χ3v) is 6.92. The topological polar surface area (TPSA) is 63.3 Å². The van der Waals surface area contributed by atoms with E-state index in [-0.39, 0.29) is 5.92 Å². The Bertz CT molecular complexity index is 354. The second-order valence-corrected chi connectivity index (χ2v) is 6.47. The van der Waals surface area contributed by atoms with Crippen LogP contribution in [0, 0.1) is 52.8 Å². The van der Waals surface area contributed by atoms with Gasteiger partial charge in [0.1, 0.15) is 0 Å². The number of rotatable bonds is 4. The Labute approximate surface area is 88.0 Å². The third-order valence-electron chi connectivity index (χ3n) is 6.92. The minimum absolute atomic E-state index is 0.269. The maximum absolute atomic E-state index is 11.0. The molecule has 6 fully saturated rings. The zero-order valence-electron chi connectivity index (χ0n) is 8.47. The van der Waals surface area contributed by atoms with Gasteiger partial charge in [0.05, 0.1) is 5.92 Å². The fourth-order valence-electron chi connectivity index (χ4n) is 6.78. The molecule has 0 aromatic rings. The van der Waals surface area contributed by atoms with Crippen molar-refractivity contribution >= 4 is 5.97 Å². The van der Waals surface area contributed by atoms with Crippen molar-refractivity contribution in [3.8, 4) is 0 Å². The number of carboxylic acid groups (broad SMARTS) is 1. The van der Waals surface area contributed by atoms with Crippen molar-refractivity contribution in [1.29, 1.82) is 0 Å². The van der Waals surface area contributed by atoms with Gasteiger partial charge < -0.3 is 10.8 Å². The van der Waals surface area contributed by atoms with Crippen molar-refractivity contribution in [3.63, 3.8) is 0 Å². The molecular formula is C12H15NO2. The highest BCUT2D eigenvalue weighted by molar-refractivity contribution is 5.71. The molecule has 3 N–H and O–H groups in total. The standard InChI is InChI=1S/C12H15NO2/c13-2-3(11(14)15)1-12-8-5-4-6(8)10(12)7(4)9(5)12/h3-10H,1-2,13H2,(H,14,15). The molecule has 0 amide bonds. The van der Waals surface area contributed by atoms with Gasteiger partial charge in [0.15, 0.2) is 0 Å². The van der Waals surface area contributed by atoms with E-state index in [1.54, 1.807) is 0 Å². The molecule has 0 aromatic carbocycles. The van der Waals surface area contributed by atoms with Gasteiger partial charge in [-0.15, -0.1) is 0 Å². The van der Waals surface area contributed by atoms with Crippen LogP contribution in [0.15, 0.2) is 0 Å². The van der Waals surface area contributed by atoms with Crippen LogP contribution in [0.5, 0.6) is 0 Å². The van der Waals surface area contributed by atoms with Crippen molar-refractivity contribution in [2.75, 3.05) is 6.54 Å². The average Bonchev–Trinajstić information content (AvgIpc) is 2.26. The minimum atomic E-state index is -0.675. The summed E-state index contributed by atoms with van der Waals surface area (Å²) in [7, 11) is 0. The Hall–Kier alpha value is -0.570. The van der Waals surface area contributed by atoms with E-state index in [0.29, 0.717) is 12.0 Å². The van der Waals surface area contributed by atoms with Crippen LogP contribution in [0.25, 0.3) is 0 Å². The Morgan fingerprint density at radius 1 is 1.20 bits per heavy atom. The summed E-state index contributed by atoms with van der Waals surface area (Å²) in [6.07, 6.45) is 0.898. The number of hydrogen-bond acceptors (Lipinski definition) is 2. The summed E-state index contributed by atoms with van der Waals surface area (Å²) in [5.74, 6) is 6.20. The molecule has 3 heteroatoms. The normalized spacial score (nSPS) is 70.1. The molecule has 0 bridgehead atoms. The van der Waals surface area contributed by atoms with Crippen molar-refractivity contribution in [2.45, 2.75) is 6.42 Å². The van der Waals surface area contributed by atoms with Crippen LogP contribution < -0.4 is 5.73 Å². The van der Waals surface area contributed by atoms with Gasteiger partial charge in [-0.1, -0.05) is 0 Å². The molecule has 1 unspecified atom stereocenters. The van der Waals surface area contributed by atoms with Crippen molar-refractivity contribution in [3.05, 3.63) is 0 Å². The Morgan fingerprint density at radius 2 is 1.73 bits per heavy atom. The fourth-order valence-corrected chi connectivity index (χ4v) is 6.78. The van der Waals surface area contributed by atoms with Gasteiger partial charge in [-0.05, 0) is 53.3 Å². The maximum atomic E-state index is 11.0. The Balaban J connectivity index is 1.42. The van der Waals surface area contributed by atoms with Crippen LogP contribution in [0.3, 0.4) is 0 Å². The number of aliphatic carboxylic acids is 1. The van der Waals surface area contributed by atoms with E-state index in [4.69, 9.17) is 10.8 Å². The third kappa shape index (κ3) is 0.423. The lowest BCUT2D eigenvalue weighted by atomic mass is 8.96. The van der Waals surface area contributed by atoms with Crippen LogP contribution >= 0.6 is 0 Å². The van der Waals surface area contributed by atoms with Gasteiger partial charge in [0.2, 0.25) is 0 Å². The van der Waals surface area contributed by atoms with Gasteiger partial charge in [0.25, 0.3) is 0 Å². The molecule has 0 heterocycles. The van der Waals surface area contributed by atoms with Crippen LogP contribution in [0.4, 0.5) is 0 Å². The molecule has 0 aromatic heterocycles. The summed E-state index contributed by atoms with van der Waals surface area (Å²) in [6, 6.07) is 0. The van der Waals surface area contributed by atoms with Gasteiger partial charge in [-0.25, -0.2) is 0 Å². The van der Waals surface area contributed by atoms with E-state index in [1.165, 1.54) is 0 Å². The molecule has 6 saturated carbocycles. The second-order valence-electron chi connectivity index (χ2n) is 6.47. The Morgan fingerprint density at radius 3 is 2.13 bits per heavy atom. The molecule has 0 saturated heterocycles. The van der Waals surface area contributed by atoms with Crippen LogP contribution in [0.2, 0.25) is 0 Å². The molecule has 80 valence electrons. The highest BCUT2D eigenvalue weighted by atomic mass is 16.4. The average molecular weight is 205 g/mol. The van der Waals surface area contributed by atoms with Gasteiger partial charge >= 0.3 is 5.97 Å². The number of nitrogens with two attached hydrogens (primary N) is 1. The summed E-state index contributed by atoms with van der Waals surface area (Å²) in [6.45, 7) is 0.326. The molecule has 15 heavy (non-hydrogen) atoms. The molecular weight excluding hydrogens is 190 g/mol. The molecule has 3 nitrogen and oxygen atoms in total. The largest absolute Gasteiger partial charge is 0.481 e. The van der Waals surface area contributed by atoms with Crippen LogP contribution in [-0.2, 0) is 4.79 Å². The van der Waals surface area contributed by atoms with Gasteiger partial charge in [-0.3, -0.25) is 4.79 Å². The lowest BCUT2D eigenvalue weighted by Gasteiger charge is -3.08. The quantitative estimate of drug-likeness (QED) is 0.698. The molecule has 6 aliphatic rings. The zero-order valence-corrected chi connectivity index (χ0v) is 8.47. The van der Waals surface area contributed by atoms with Crippen molar-refractivity contribution in [2.24, 2.45) is 58.5 Å². The monoisotopic (exact) mass is 205 g/mol. The minimum Gasteiger partial charge on any atom is -0.481 e. The van der Waals surface area contributed by atoms with Crippen LogP contribution in [0.1, 0.15) is 6.42 Å². The lowest BCUT2D eigenvalue weighted by molar-refractivity contribution is -0.617. The van der Waals surface area contributed by atoms with E-state index >= 15 is 0 Å². The van der Waals surface area contributed by atoms with E-state index in [9.17, 15) is 4.79 Å². The first kappa shape index (κ1) is 7.66. The van der Waals surface area contributed by atoms with Crippen molar-refractivity contribution in [1.82, 2.24) is 0 Å². The van der Waals surface area contributed by atoms with E-state index < -0.39 is 5.97 Å². The fraction of sp³-hybridized carbons (Fsp3) is 0.917. The molecule has 6 rings (SSSR count). The SMILES string of the molecule is NCC(CC12C3C4C5C3C1C5C42)C(=O)O. The molecule has 0 spiro atoms. The highest BCUT2D eigenvalue weighted by Crippen LogP contribution is 3.06. The first-order valence-corrected chi connectivity index (χ1v) is 6.16. The summed E-state index contributed by atoms with van der Waals surface area (Å²) < 4.78 is 0. The van der Waals surface area contributed by atoms with E-state index in [2.05, 4.69) is 0 Å². The van der Waals surface area contributed by atoms with E-state index in [1.807, 2.05) is 0 Å². The van der Waals surface area contributed by atoms with Crippen molar-refractivity contribution < 1.29 is 9.90 Å². The summed E-state index contributed by atoms with van der Waals surface area (Å²) >= 11 is 0. The molecule has 6 aliphatic carbocycles. The first-order valence-electron chi connectivity index (χ1n) is 6.16. The Kier molecular flexibility index (Phi) is 0.894. The predicted octanol–water partition coefficient (Wildman–Crippen LogP) is 0.404. The first-order chi connectivity index (χ1) is 7.23. The molecule has 1 atom stereocenters. The lowest BCUT2D eigenvalue weighted by Crippen LogP contribution is -3.05.